The summed E-state index contributed by atoms with van der Waals surface area (Å²) in [6.07, 6.45) is 2.23. The van der Waals surface area contributed by atoms with Gasteiger partial charge in [0.05, 0.1) is 6.61 Å². The van der Waals surface area contributed by atoms with Crippen LogP contribution in [0.15, 0.2) is 24.3 Å². The summed E-state index contributed by atoms with van der Waals surface area (Å²) in [6.45, 7) is 3.06. The van der Waals surface area contributed by atoms with Crippen molar-refractivity contribution in [3.63, 3.8) is 0 Å². The molecular formula is C13H17NO. The average molecular weight is 203 g/mol. The first-order chi connectivity index (χ1) is 7.22. The summed E-state index contributed by atoms with van der Waals surface area (Å²) in [5.41, 5.74) is 7.78. The minimum atomic E-state index is 0.0416. The molecule has 2 heteroatoms. The number of nitrogens with two attached hydrogens (primary N) is 1. The molecule has 3 rings (SSSR count). The third-order valence-corrected chi connectivity index (χ3v) is 4.02. The Kier molecular flexibility index (Phi) is 1.84. The van der Waals surface area contributed by atoms with Gasteiger partial charge in [-0.05, 0) is 30.4 Å². The Morgan fingerprint density at radius 1 is 1.40 bits per heavy atom. The van der Waals surface area contributed by atoms with Gasteiger partial charge in [0.1, 0.15) is 5.75 Å². The zero-order valence-electron chi connectivity index (χ0n) is 9.07. The van der Waals surface area contributed by atoms with Crippen molar-refractivity contribution in [2.24, 2.45) is 11.7 Å². The van der Waals surface area contributed by atoms with E-state index in [0.29, 0.717) is 11.8 Å². The molecule has 1 aromatic rings. The highest BCUT2D eigenvalue weighted by atomic mass is 16.5. The molecule has 2 nitrogen and oxygen atoms in total. The molecule has 1 fully saturated rings. The van der Waals surface area contributed by atoms with Crippen LogP contribution in [0.25, 0.3) is 0 Å². The van der Waals surface area contributed by atoms with Gasteiger partial charge in [-0.2, -0.15) is 0 Å². The van der Waals surface area contributed by atoms with E-state index in [-0.39, 0.29) is 5.54 Å². The second-order valence-electron chi connectivity index (χ2n) is 4.95. The van der Waals surface area contributed by atoms with Crippen molar-refractivity contribution in [2.75, 3.05) is 6.61 Å². The van der Waals surface area contributed by atoms with Crippen LogP contribution < -0.4 is 10.5 Å². The lowest BCUT2D eigenvalue weighted by atomic mass is 9.84. The standard InChI is InChI=1S/C13H17NO/c1-9-8-13(9,14)11-6-7-15-12-5-3-2-4-10(11)12/h2-5,9,11H,6-8,14H2,1H3. The summed E-state index contributed by atoms with van der Waals surface area (Å²) < 4.78 is 5.66. The minimum Gasteiger partial charge on any atom is -0.493 e. The smallest absolute Gasteiger partial charge is 0.122 e. The molecule has 1 aliphatic heterocycles. The Bertz CT molecular complexity index is 390. The normalized spacial score (nSPS) is 38.0. The SMILES string of the molecule is CC1CC1(N)C1CCOc2ccccc21. The van der Waals surface area contributed by atoms with E-state index in [0.717, 1.165) is 25.2 Å². The van der Waals surface area contributed by atoms with E-state index in [1.54, 1.807) is 0 Å². The fourth-order valence-corrected chi connectivity index (χ4v) is 2.86. The number of fused-ring (bicyclic) bond motifs is 1. The van der Waals surface area contributed by atoms with Crippen molar-refractivity contribution in [2.45, 2.75) is 31.2 Å². The molecular weight excluding hydrogens is 186 g/mol. The lowest BCUT2D eigenvalue weighted by Gasteiger charge is -2.31. The average Bonchev–Trinajstić information content (AvgIpc) is 2.87. The first-order valence-electron chi connectivity index (χ1n) is 5.72. The van der Waals surface area contributed by atoms with Gasteiger partial charge in [0.25, 0.3) is 0 Å². The van der Waals surface area contributed by atoms with E-state index in [1.165, 1.54) is 5.56 Å². The van der Waals surface area contributed by atoms with Gasteiger partial charge in [-0.15, -0.1) is 0 Å². The molecule has 15 heavy (non-hydrogen) atoms. The highest BCUT2D eigenvalue weighted by Gasteiger charge is 2.54. The van der Waals surface area contributed by atoms with Crippen LogP contribution in [-0.2, 0) is 0 Å². The fourth-order valence-electron chi connectivity index (χ4n) is 2.86. The Labute approximate surface area is 90.4 Å². The highest BCUT2D eigenvalue weighted by molar-refractivity contribution is 5.41. The molecule has 1 aromatic carbocycles. The van der Waals surface area contributed by atoms with Gasteiger partial charge in [-0.1, -0.05) is 25.1 Å². The van der Waals surface area contributed by atoms with Crippen molar-refractivity contribution in [1.82, 2.24) is 0 Å². The summed E-state index contributed by atoms with van der Waals surface area (Å²) in [5, 5.41) is 0. The molecule has 3 atom stereocenters. The Morgan fingerprint density at radius 2 is 2.13 bits per heavy atom. The molecule has 80 valence electrons. The Hall–Kier alpha value is -1.02. The molecule has 2 aliphatic rings. The number of benzene rings is 1. The topological polar surface area (TPSA) is 35.2 Å². The van der Waals surface area contributed by atoms with E-state index in [1.807, 2.05) is 6.07 Å². The Morgan fingerprint density at radius 3 is 2.87 bits per heavy atom. The number of ether oxygens (including phenoxy) is 1. The first-order valence-corrected chi connectivity index (χ1v) is 5.72. The van der Waals surface area contributed by atoms with Crippen LogP contribution in [0, 0.1) is 5.92 Å². The van der Waals surface area contributed by atoms with E-state index >= 15 is 0 Å². The first kappa shape index (κ1) is 9.22. The van der Waals surface area contributed by atoms with Crippen LogP contribution in [-0.4, -0.2) is 12.1 Å². The molecule has 1 heterocycles. The van der Waals surface area contributed by atoms with Gasteiger partial charge in [0.15, 0.2) is 0 Å². The summed E-state index contributed by atoms with van der Waals surface area (Å²) in [5.74, 6) is 2.20. The third-order valence-electron chi connectivity index (χ3n) is 4.02. The predicted molar refractivity (Wildman–Crippen MR) is 60.0 cm³/mol. The number of hydrogen-bond acceptors (Lipinski definition) is 2. The largest absolute Gasteiger partial charge is 0.493 e. The lowest BCUT2D eigenvalue weighted by molar-refractivity contribution is 0.247. The van der Waals surface area contributed by atoms with E-state index in [4.69, 9.17) is 10.5 Å². The van der Waals surface area contributed by atoms with Crippen molar-refractivity contribution in [1.29, 1.82) is 0 Å². The van der Waals surface area contributed by atoms with Gasteiger partial charge >= 0.3 is 0 Å². The lowest BCUT2D eigenvalue weighted by Crippen LogP contribution is -2.35. The monoisotopic (exact) mass is 203 g/mol. The molecule has 0 radical (unpaired) electrons. The molecule has 0 saturated heterocycles. The molecule has 1 saturated carbocycles. The molecule has 0 bridgehead atoms. The van der Waals surface area contributed by atoms with Crippen molar-refractivity contribution in [3.05, 3.63) is 29.8 Å². The quantitative estimate of drug-likeness (QED) is 0.760. The van der Waals surface area contributed by atoms with Gasteiger partial charge in [0.2, 0.25) is 0 Å². The van der Waals surface area contributed by atoms with Crippen molar-refractivity contribution in [3.8, 4) is 5.75 Å². The number of rotatable bonds is 1. The van der Waals surface area contributed by atoms with Gasteiger partial charge in [0, 0.05) is 11.5 Å². The summed E-state index contributed by atoms with van der Waals surface area (Å²) in [7, 11) is 0. The maximum Gasteiger partial charge on any atom is 0.122 e. The van der Waals surface area contributed by atoms with Gasteiger partial charge in [-0.3, -0.25) is 0 Å². The molecule has 3 unspecified atom stereocenters. The third kappa shape index (κ3) is 1.28. The van der Waals surface area contributed by atoms with Crippen molar-refractivity contribution < 1.29 is 4.74 Å². The molecule has 0 amide bonds. The summed E-state index contributed by atoms with van der Waals surface area (Å²) >= 11 is 0. The summed E-state index contributed by atoms with van der Waals surface area (Å²) in [4.78, 5) is 0. The van der Waals surface area contributed by atoms with Crippen molar-refractivity contribution >= 4 is 0 Å². The van der Waals surface area contributed by atoms with Crippen LogP contribution in [0.2, 0.25) is 0 Å². The van der Waals surface area contributed by atoms with E-state index in [9.17, 15) is 0 Å². The molecule has 0 aromatic heterocycles. The van der Waals surface area contributed by atoms with E-state index < -0.39 is 0 Å². The molecule has 1 aliphatic carbocycles. The van der Waals surface area contributed by atoms with Crippen LogP contribution in [0.5, 0.6) is 5.75 Å². The van der Waals surface area contributed by atoms with E-state index in [2.05, 4.69) is 25.1 Å². The predicted octanol–water partition coefficient (Wildman–Crippen LogP) is 2.29. The zero-order valence-corrected chi connectivity index (χ0v) is 9.07. The number of para-hydroxylation sites is 1. The van der Waals surface area contributed by atoms with Crippen LogP contribution >= 0.6 is 0 Å². The highest BCUT2D eigenvalue weighted by Crippen LogP contribution is 2.54. The Balaban J connectivity index is 2.00. The van der Waals surface area contributed by atoms with Crippen LogP contribution in [0.4, 0.5) is 0 Å². The fraction of sp³-hybridized carbons (Fsp3) is 0.538. The maximum absolute atomic E-state index is 6.42. The minimum absolute atomic E-state index is 0.0416. The second kappa shape index (κ2) is 2.99. The van der Waals surface area contributed by atoms with Crippen LogP contribution in [0.1, 0.15) is 31.2 Å². The molecule has 0 spiro atoms. The second-order valence-corrected chi connectivity index (χ2v) is 4.95. The van der Waals surface area contributed by atoms with Gasteiger partial charge in [-0.25, -0.2) is 0 Å². The summed E-state index contributed by atoms with van der Waals surface area (Å²) in [6, 6.07) is 8.33. The molecule has 2 N–H and O–H groups in total. The zero-order chi connectivity index (χ0) is 10.5. The number of hydrogen-bond donors (Lipinski definition) is 1. The maximum atomic E-state index is 6.42. The van der Waals surface area contributed by atoms with Gasteiger partial charge < -0.3 is 10.5 Å². The van der Waals surface area contributed by atoms with Crippen LogP contribution in [0.3, 0.4) is 0 Å².